The zero-order chi connectivity index (χ0) is 14.5. The first-order chi connectivity index (χ1) is 9.52. The number of carbonyl (C=O) groups excluding carboxylic acids is 1. The monoisotopic (exact) mass is 313 g/mol. The molecule has 8 heteroatoms. The summed E-state index contributed by atoms with van der Waals surface area (Å²) in [5.74, 6) is 0. The average molecular weight is 314 g/mol. The molecule has 106 valence electrons. The molecule has 4 N–H and O–H groups in total. The number of amides is 2. The molecule has 6 nitrogen and oxygen atoms in total. The van der Waals surface area contributed by atoms with Gasteiger partial charge in [-0.25, -0.2) is 4.79 Å². The third-order valence-corrected chi connectivity index (χ3v) is 2.84. The molecule has 0 aliphatic heterocycles. The summed E-state index contributed by atoms with van der Waals surface area (Å²) in [4.78, 5) is 11.7. The van der Waals surface area contributed by atoms with E-state index in [-0.39, 0.29) is 6.03 Å². The minimum Gasteiger partial charge on any atom is -0.396 e. The van der Waals surface area contributed by atoms with Crippen molar-refractivity contribution < 1.29 is 4.79 Å². The Labute approximate surface area is 125 Å². The molecule has 0 unspecified atom stereocenters. The van der Waals surface area contributed by atoms with E-state index in [1.807, 2.05) is 0 Å². The first kappa shape index (κ1) is 14.5. The number of nitrogens with two attached hydrogens (primary N) is 1. The van der Waals surface area contributed by atoms with Gasteiger partial charge in [0.25, 0.3) is 0 Å². The van der Waals surface area contributed by atoms with Crippen molar-refractivity contribution in [1.82, 2.24) is 15.1 Å². The molecule has 0 spiro atoms. The van der Waals surface area contributed by atoms with Crippen LogP contribution in [0.4, 0.5) is 16.2 Å². The van der Waals surface area contributed by atoms with Gasteiger partial charge in [0.05, 0.1) is 18.4 Å². The third kappa shape index (κ3) is 4.32. The van der Waals surface area contributed by atoms with Gasteiger partial charge in [0, 0.05) is 28.5 Å². The number of aromatic nitrogens is 2. The van der Waals surface area contributed by atoms with Gasteiger partial charge in [-0.05, 0) is 18.2 Å². The van der Waals surface area contributed by atoms with Gasteiger partial charge in [-0.1, -0.05) is 23.2 Å². The molecule has 2 rings (SSSR count). The maximum absolute atomic E-state index is 11.7. The lowest BCUT2D eigenvalue weighted by molar-refractivity contribution is 0.251. The van der Waals surface area contributed by atoms with Gasteiger partial charge in [0.15, 0.2) is 0 Å². The van der Waals surface area contributed by atoms with Crippen LogP contribution >= 0.6 is 23.2 Å². The number of nitrogens with one attached hydrogen (secondary N) is 2. The standard InChI is InChI=1S/C12H13Cl2N5O/c13-8-3-9(14)5-11(4-8)18-12(20)16-1-2-19-7-10(15)6-17-19/h3-7H,1-2,15H2,(H2,16,18,20). The number of hydrogen-bond donors (Lipinski definition) is 3. The van der Waals surface area contributed by atoms with E-state index < -0.39 is 0 Å². The number of hydrogen-bond acceptors (Lipinski definition) is 3. The molecule has 0 aliphatic carbocycles. The Bertz CT molecular complexity index is 593. The molecular formula is C12H13Cl2N5O. The number of anilines is 2. The van der Waals surface area contributed by atoms with Crippen molar-refractivity contribution in [3.05, 3.63) is 40.6 Å². The summed E-state index contributed by atoms with van der Waals surface area (Å²) in [5, 5.41) is 10.3. The van der Waals surface area contributed by atoms with E-state index in [0.29, 0.717) is 34.5 Å². The lowest BCUT2D eigenvalue weighted by Crippen LogP contribution is -2.31. The van der Waals surface area contributed by atoms with Crippen LogP contribution in [0.5, 0.6) is 0 Å². The van der Waals surface area contributed by atoms with Crippen molar-refractivity contribution in [2.24, 2.45) is 0 Å². The van der Waals surface area contributed by atoms with Gasteiger partial charge in [-0.2, -0.15) is 5.10 Å². The second-order valence-corrected chi connectivity index (χ2v) is 4.95. The number of carbonyl (C=O) groups is 1. The molecule has 20 heavy (non-hydrogen) atoms. The van der Waals surface area contributed by atoms with Crippen LogP contribution in [0.1, 0.15) is 0 Å². The summed E-state index contributed by atoms with van der Waals surface area (Å²) < 4.78 is 1.64. The van der Waals surface area contributed by atoms with Crippen LogP contribution in [0.2, 0.25) is 10.0 Å². The van der Waals surface area contributed by atoms with E-state index in [1.165, 1.54) is 0 Å². The first-order valence-corrected chi connectivity index (χ1v) is 6.57. The maximum atomic E-state index is 11.7. The Kier molecular flexibility index (Phi) is 4.70. The minimum absolute atomic E-state index is 0.344. The molecular weight excluding hydrogens is 301 g/mol. The Morgan fingerprint density at radius 1 is 1.30 bits per heavy atom. The largest absolute Gasteiger partial charge is 0.396 e. The van der Waals surface area contributed by atoms with E-state index >= 15 is 0 Å². The number of urea groups is 1. The zero-order valence-corrected chi connectivity index (χ0v) is 11.9. The van der Waals surface area contributed by atoms with Gasteiger partial charge < -0.3 is 16.4 Å². The first-order valence-electron chi connectivity index (χ1n) is 5.82. The average Bonchev–Trinajstić information content (AvgIpc) is 2.73. The molecule has 0 atom stereocenters. The minimum atomic E-state index is -0.344. The number of nitrogen functional groups attached to an aromatic ring is 1. The fourth-order valence-corrected chi connectivity index (χ4v) is 2.11. The zero-order valence-electron chi connectivity index (χ0n) is 10.4. The summed E-state index contributed by atoms with van der Waals surface area (Å²) in [7, 11) is 0. The second-order valence-electron chi connectivity index (χ2n) is 4.08. The molecule has 0 saturated heterocycles. The number of nitrogens with zero attached hydrogens (tertiary/aromatic N) is 2. The topological polar surface area (TPSA) is 85.0 Å². The van der Waals surface area contributed by atoms with Crippen LogP contribution in [0.25, 0.3) is 0 Å². The summed E-state index contributed by atoms with van der Waals surface area (Å²) in [6.07, 6.45) is 3.24. The van der Waals surface area contributed by atoms with Crippen molar-refractivity contribution in [1.29, 1.82) is 0 Å². The van der Waals surface area contributed by atoms with Crippen LogP contribution in [0.15, 0.2) is 30.6 Å². The van der Waals surface area contributed by atoms with Crippen LogP contribution < -0.4 is 16.4 Å². The molecule has 1 aromatic carbocycles. The normalized spacial score (nSPS) is 10.3. The number of rotatable bonds is 4. The molecule has 2 amide bonds. The van der Waals surface area contributed by atoms with Crippen LogP contribution in [-0.2, 0) is 6.54 Å². The van der Waals surface area contributed by atoms with Crippen LogP contribution in [0.3, 0.4) is 0 Å². The predicted molar refractivity (Wildman–Crippen MR) is 80.1 cm³/mol. The third-order valence-electron chi connectivity index (χ3n) is 2.40. The van der Waals surface area contributed by atoms with Crippen molar-refractivity contribution in [2.75, 3.05) is 17.6 Å². The molecule has 1 aromatic heterocycles. The maximum Gasteiger partial charge on any atom is 0.319 e. The van der Waals surface area contributed by atoms with Crippen molar-refractivity contribution in [2.45, 2.75) is 6.54 Å². The lowest BCUT2D eigenvalue weighted by atomic mass is 10.3. The van der Waals surface area contributed by atoms with E-state index in [1.54, 1.807) is 35.3 Å². The summed E-state index contributed by atoms with van der Waals surface area (Å²) in [5.41, 5.74) is 6.65. The van der Waals surface area contributed by atoms with Crippen molar-refractivity contribution >= 4 is 40.6 Å². The Morgan fingerprint density at radius 3 is 2.60 bits per heavy atom. The molecule has 0 radical (unpaired) electrons. The molecule has 0 bridgehead atoms. The summed E-state index contributed by atoms with van der Waals surface area (Å²) in [6, 6.07) is 4.47. The fraction of sp³-hybridized carbons (Fsp3) is 0.167. The highest BCUT2D eigenvalue weighted by molar-refractivity contribution is 6.35. The summed E-state index contributed by atoms with van der Waals surface area (Å²) in [6.45, 7) is 0.947. The van der Waals surface area contributed by atoms with Gasteiger partial charge >= 0.3 is 6.03 Å². The Hall–Kier alpha value is -1.92. The van der Waals surface area contributed by atoms with Crippen molar-refractivity contribution in [3.8, 4) is 0 Å². The molecule has 2 aromatic rings. The highest BCUT2D eigenvalue weighted by Gasteiger charge is 2.03. The van der Waals surface area contributed by atoms with E-state index in [0.717, 1.165) is 0 Å². The smallest absolute Gasteiger partial charge is 0.319 e. The molecule has 0 saturated carbocycles. The SMILES string of the molecule is Nc1cnn(CCNC(=O)Nc2cc(Cl)cc(Cl)c2)c1. The van der Waals surface area contributed by atoms with Gasteiger partial charge in [0.1, 0.15) is 0 Å². The number of benzene rings is 1. The number of halogens is 2. The summed E-state index contributed by atoms with van der Waals surface area (Å²) >= 11 is 11.7. The molecule has 1 heterocycles. The Balaban J connectivity index is 1.80. The quantitative estimate of drug-likeness (QED) is 0.811. The van der Waals surface area contributed by atoms with Gasteiger partial charge in [-0.15, -0.1) is 0 Å². The van der Waals surface area contributed by atoms with E-state index in [4.69, 9.17) is 28.9 Å². The molecule has 0 aliphatic rings. The van der Waals surface area contributed by atoms with Crippen molar-refractivity contribution in [3.63, 3.8) is 0 Å². The van der Waals surface area contributed by atoms with E-state index in [9.17, 15) is 4.79 Å². The highest BCUT2D eigenvalue weighted by atomic mass is 35.5. The van der Waals surface area contributed by atoms with Crippen LogP contribution in [0, 0.1) is 0 Å². The Morgan fingerprint density at radius 2 is 2.00 bits per heavy atom. The lowest BCUT2D eigenvalue weighted by Gasteiger charge is -2.08. The fourth-order valence-electron chi connectivity index (χ4n) is 1.59. The molecule has 0 fully saturated rings. The van der Waals surface area contributed by atoms with E-state index in [2.05, 4.69) is 15.7 Å². The van der Waals surface area contributed by atoms with Gasteiger partial charge in [-0.3, -0.25) is 4.68 Å². The highest BCUT2D eigenvalue weighted by Crippen LogP contribution is 2.22. The van der Waals surface area contributed by atoms with Gasteiger partial charge in [0.2, 0.25) is 0 Å². The van der Waals surface area contributed by atoms with Crippen LogP contribution in [-0.4, -0.2) is 22.4 Å². The predicted octanol–water partition coefficient (Wildman–Crippen LogP) is 2.59. The second kappa shape index (κ2) is 6.49.